The average Bonchev–Trinajstić information content (AvgIpc) is 2.64. The number of nitrogens with zero attached hydrogens (tertiary/aromatic N) is 1. The summed E-state index contributed by atoms with van der Waals surface area (Å²) in [5, 5.41) is 3.74. The Morgan fingerprint density at radius 2 is 1.44 bits per heavy atom. The average molecular weight is 351 g/mol. The number of methoxy groups -OCH3 is 3. The lowest BCUT2D eigenvalue weighted by molar-refractivity contribution is -0.141. The summed E-state index contributed by atoms with van der Waals surface area (Å²) in [5.41, 5.74) is 1.61. The summed E-state index contributed by atoms with van der Waals surface area (Å²) in [6.07, 6.45) is 0.239. The first-order valence-corrected chi connectivity index (χ1v) is 7.48. The van der Waals surface area contributed by atoms with Gasteiger partial charge in [-0.05, 0) is 11.1 Å². The number of rotatable bonds is 9. The summed E-state index contributed by atoms with van der Waals surface area (Å²) < 4.78 is 13.7. The molecular formula is C17H21NO7. The fourth-order valence-electron chi connectivity index (χ4n) is 1.80. The summed E-state index contributed by atoms with van der Waals surface area (Å²) in [5.74, 6) is -1.45. The third kappa shape index (κ3) is 7.47. The van der Waals surface area contributed by atoms with Gasteiger partial charge in [-0.3, -0.25) is 9.59 Å². The van der Waals surface area contributed by atoms with Crippen LogP contribution < -0.4 is 0 Å². The molecule has 1 aromatic rings. The van der Waals surface area contributed by atoms with E-state index in [4.69, 9.17) is 4.84 Å². The van der Waals surface area contributed by atoms with Gasteiger partial charge in [0.1, 0.15) is 6.61 Å². The van der Waals surface area contributed by atoms with Crippen LogP contribution in [0.5, 0.6) is 0 Å². The molecule has 136 valence electrons. The summed E-state index contributed by atoms with van der Waals surface area (Å²) in [7, 11) is 3.81. The van der Waals surface area contributed by atoms with Crippen molar-refractivity contribution < 1.29 is 33.4 Å². The van der Waals surface area contributed by atoms with Crippen LogP contribution in [-0.2, 0) is 46.5 Å². The molecule has 0 radical (unpaired) electrons. The van der Waals surface area contributed by atoms with E-state index in [0.29, 0.717) is 0 Å². The second-order valence-corrected chi connectivity index (χ2v) is 4.95. The van der Waals surface area contributed by atoms with E-state index in [1.807, 2.05) is 0 Å². The number of carbonyl (C=O) groups is 3. The van der Waals surface area contributed by atoms with Gasteiger partial charge in [0, 0.05) is 6.42 Å². The van der Waals surface area contributed by atoms with Crippen LogP contribution in [0.1, 0.15) is 24.0 Å². The SMILES string of the molecule is COC(=O)CC/C(=N/OCc1ccc(CC(=O)OC)cc1)C(=O)OC. The smallest absolute Gasteiger partial charge is 0.355 e. The van der Waals surface area contributed by atoms with Crippen LogP contribution in [0.3, 0.4) is 0 Å². The van der Waals surface area contributed by atoms with E-state index >= 15 is 0 Å². The van der Waals surface area contributed by atoms with Crippen molar-refractivity contribution in [3.8, 4) is 0 Å². The highest BCUT2D eigenvalue weighted by atomic mass is 16.6. The topological polar surface area (TPSA) is 100 Å². The van der Waals surface area contributed by atoms with Gasteiger partial charge in [-0.2, -0.15) is 0 Å². The standard InChI is InChI=1S/C17H21NO7/c1-22-15(19)9-8-14(17(21)24-3)18-25-11-13-6-4-12(5-7-13)10-16(20)23-2/h4-7H,8-11H2,1-3H3/b18-14-. The van der Waals surface area contributed by atoms with Crippen LogP contribution in [0.25, 0.3) is 0 Å². The van der Waals surface area contributed by atoms with Gasteiger partial charge in [-0.15, -0.1) is 0 Å². The molecule has 0 saturated heterocycles. The third-order valence-electron chi connectivity index (χ3n) is 3.22. The lowest BCUT2D eigenvalue weighted by Gasteiger charge is -2.06. The highest BCUT2D eigenvalue weighted by Crippen LogP contribution is 2.08. The maximum absolute atomic E-state index is 11.6. The number of ether oxygens (including phenoxy) is 3. The summed E-state index contributed by atoms with van der Waals surface area (Å²) in [6, 6.07) is 7.11. The minimum absolute atomic E-state index is 0.00395. The van der Waals surface area contributed by atoms with Gasteiger partial charge in [-0.25, -0.2) is 4.79 Å². The maximum Gasteiger partial charge on any atom is 0.355 e. The largest absolute Gasteiger partial charge is 0.469 e. The van der Waals surface area contributed by atoms with Crippen molar-refractivity contribution in [3.05, 3.63) is 35.4 Å². The molecule has 1 aromatic carbocycles. The molecule has 0 aliphatic rings. The highest BCUT2D eigenvalue weighted by molar-refractivity contribution is 6.36. The van der Waals surface area contributed by atoms with Gasteiger partial charge >= 0.3 is 17.9 Å². The molecule has 0 aliphatic heterocycles. The monoisotopic (exact) mass is 351 g/mol. The van der Waals surface area contributed by atoms with Crippen LogP contribution in [0.2, 0.25) is 0 Å². The zero-order valence-electron chi connectivity index (χ0n) is 14.4. The molecule has 0 atom stereocenters. The quantitative estimate of drug-likeness (QED) is 0.287. The molecule has 0 amide bonds. The van der Waals surface area contributed by atoms with Crippen molar-refractivity contribution in [1.82, 2.24) is 0 Å². The van der Waals surface area contributed by atoms with Crippen LogP contribution >= 0.6 is 0 Å². The molecule has 0 aliphatic carbocycles. The van der Waals surface area contributed by atoms with Gasteiger partial charge < -0.3 is 19.0 Å². The van der Waals surface area contributed by atoms with Crippen molar-refractivity contribution in [2.24, 2.45) is 5.16 Å². The molecule has 8 heteroatoms. The second-order valence-electron chi connectivity index (χ2n) is 4.95. The first kappa shape index (κ1) is 20.1. The van der Waals surface area contributed by atoms with E-state index in [-0.39, 0.29) is 37.6 Å². The Kier molecular flexibility index (Phi) is 8.70. The Morgan fingerprint density at radius 1 is 0.840 bits per heavy atom. The van der Waals surface area contributed by atoms with E-state index in [0.717, 1.165) is 11.1 Å². The molecule has 0 bridgehead atoms. The molecule has 0 heterocycles. The molecule has 0 spiro atoms. The number of carbonyl (C=O) groups excluding carboxylic acids is 3. The summed E-state index contributed by atoms with van der Waals surface area (Å²) >= 11 is 0. The van der Waals surface area contributed by atoms with E-state index in [2.05, 4.69) is 19.4 Å². The van der Waals surface area contributed by atoms with E-state index in [1.165, 1.54) is 21.3 Å². The number of hydrogen-bond donors (Lipinski definition) is 0. The first-order chi connectivity index (χ1) is 12.0. The zero-order valence-corrected chi connectivity index (χ0v) is 14.4. The maximum atomic E-state index is 11.6. The van der Waals surface area contributed by atoms with Crippen molar-refractivity contribution in [2.45, 2.75) is 25.9 Å². The second kappa shape index (κ2) is 10.8. The van der Waals surface area contributed by atoms with Crippen LogP contribution in [0.4, 0.5) is 0 Å². The fourth-order valence-corrected chi connectivity index (χ4v) is 1.80. The molecule has 0 fully saturated rings. The van der Waals surface area contributed by atoms with Crippen LogP contribution in [-0.4, -0.2) is 44.9 Å². The molecule has 0 N–H and O–H groups in total. The van der Waals surface area contributed by atoms with Crippen molar-refractivity contribution in [1.29, 1.82) is 0 Å². The van der Waals surface area contributed by atoms with Crippen LogP contribution in [0.15, 0.2) is 29.4 Å². The molecule has 0 unspecified atom stereocenters. The molecular weight excluding hydrogens is 330 g/mol. The fraction of sp³-hybridized carbons (Fsp3) is 0.412. The first-order valence-electron chi connectivity index (χ1n) is 7.48. The normalized spacial score (nSPS) is 10.8. The third-order valence-corrected chi connectivity index (χ3v) is 3.22. The number of hydrogen-bond acceptors (Lipinski definition) is 8. The Bertz CT molecular complexity index is 622. The van der Waals surface area contributed by atoms with E-state index < -0.39 is 11.9 Å². The van der Waals surface area contributed by atoms with Crippen molar-refractivity contribution >= 4 is 23.6 Å². The van der Waals surface area contributed by atoms with Crippen LogP contribution in [0, 0.1) is 0 Å². The molecule has 0 aromatic heterocycles. The molecule has 1 rings (SSSR count). The predicted octanol–water partition coefficient (Wildman–Crippen LogP) is 1.40. The Balaban J connectivity index is 2.60. The lowest BCUT2D eigenvalue weighted by Crippen LogP contribution is -2.18. The zero-order chi connectivity index (χ0) is 18.7. The number of oxime groups is 1. The van der Waals surface area contributed by atoms with Crippen molar-refractivity contribution in [2.75, 3.05) is 21.3 Å². The molecule has 25 heavy (non-hydrogen) atoms. The van der Waals surface area contributed by atoms with Crippen molar-refractivity contribution in [3.63, 3.8) is 0 Å². The minimum atomic E-state index is -0.669. The predicted molar refractivity (Wildman–Crippen MR) is 87.7 cm³/mol. The van der Waals surface area contributed by atoms with Gasteiger partial charge in [0.05, 0.1) is 34.2 Å². The lowest BCUT2D eigenvalue weighted by atomic mass is 10.1. The number of esters is 3. The molecule has 8 nitrogen and oxygen atoms in total. The van der Waals surface area contributed by atoms with E-state index in [9.17, 15) is 14.4 Å². The van der Waals surface area contributed by atoms with Gasteiger partial charge in [0.15, 0.2) is 5.71 Å². The Morgan fingerprint density at radius 3 is 2.00 bits per heavy atom. The summed E-state index contributed by atoms with van der Waals surface area (Å²) in [4.78, 5) is 39.1. The van der Waals surface area contributed by atoms with E-state index in [1.54, 1.807) is 24.3 Å². The van der Waals surface area contributed by atoms with Gasteiger partial charge in [-0.1, -0.05) is 29.4 Å². The highest BCUT2D eigenvalue weighted by Gasteiger charge is 2.15. The Hall–Kier alpha value is -2.90. The van der Waals surface area contributed by atoms with Gasteiger partial charge in [0.2, 0.25) is 0 Å². The Labute approximate surface area is 145 Å². The van der Waals surface area contributed by atoms with Gasteiger partial charge in [0.25, 0.3) is 0 Å². The number of benzene rings is 1. The summed E-state index contributed by atoms with van der Waals surface area (Å²) in [6.45, 7) is 0.122. The minimum Gasteiger partial charge on any atom is -0.469 e. The molecule has 0 saturated carbocycles.